The molecular weight excluding hydrogens is 250 g/mol. The van der Waals surface area contributed by atoms with Crippen molar-refractivity contribution in [3.8, 4) is 23.3 Å². The first kappa shape index (κ1) is 14.0. The van der Waals surface area contributed by atoms with E-state index in [-0.39, 0.29) is 0 Å². The van der Waals surface area contributed by atoms with Crippen LogP contribution in [0.4, 0.5) is 0 Å². The molecule has 0 spiro atoms. The Morgan fingerprint density at radius 1 is 1.00 bits per heavy atom. The minimum atomic E-state index is 0.526. The van der Waals surface area contributed by atoms with E-state index in [1.807, 2.05) is 30.3 Å². The molecule has 0 amide bonds. The van der Waals surface area contributed by atoms with E-state index in [1.54, 1.807) is 19.2 Å². The third-order valence-electron chi connectivity index (χ3n) is 3.04. The van der Waals surface area contributed by atoms with Crippen LogP contribution in [-0.4, -0.2) is 7.11 Å². The lowest BCUT2D eigenvalue weighted by atomic mass is 10.1. The van der Waals surface area contributed by atoms with Crippen molar-refractivity contribution in [2.75, 3.05) is 7.11 Å². The fraction of sp³-hybridized carbons (Fsp3) is 0.235. The van der Waals surface area contributed by atoms with Crippen molar-refractivity contribution < 1.29 is 9.47 Å². The quantitative estimate of drug-likeness (QED) is 0.810. The third-order valence-corrected chi connectivity index (χ3v) is 3.04. The van der Waals surface area contributed by atoms with Crippen molar-refractivity contribution in [3.05, 3.63) is 53.6 Å². The summed E-state index contributed by atoms with van der Waals surface area (Å²) in [5, 5.41) is 9.12. The summed E-state index contributed by atoms with van der Waals surface area (Å²) in [6, 6.07) is 15.1. The SMILES string of the molecule is CCCc1c(OC)cccc1Oc1ccccc1C#N. The summed E-state index contributed by atoms with van der Waals surface area (Å²) < 4.78 is 11.3. The number of benzene rings is 2. The summed E-state index contributed by atoms with van der Waals surface area (Å²) in [6.45, 7) is 2.11. The Balaban J connectivity index is 2.40. The topological polar surface area (TPSA) is 42.2 Å². The van der Waals surface area contributed by atoms with Gasteiger partial charge >= 0.3 is 0 Å². The maximum Gasteiger partial charge on any atom is 0.145 e. The number of nitrogens with zero attached hydrogens (tertiary/aromatic N) is 1. The fourth-order valence-corrected chi connectivity index (χ4v) is 2.10. The molecule has 0 bridgehead atoms. The van der Waals surface area contributed by atoms with Gasteiger partial charge in [0.25, 0.3) is 0 Å². The van der Waals surface area contributed by atoms with Crippen LogP contribution < -0.4 is 9.47 Å². The predicted molar refractivity (Wildman–Crippen MR) is 78.2 cm³/mol. The lowest BCUT2D eigenvalue weighted by Crippen LogP contribution is -1.97. The van der Waals surface area contributed by atoms with Gasteiger partial charge in [0.1, 0.15) is 23.3 Å². The molecule has 0 aliphatic carbocycles. The highest BCUT2D eigenvalue weighted by molar-refractivity contribution is 5.50. The van der Waals surface area contributed by atoms with Crippen LogP contribution in [0.5, 0.6) is 17.2 Å². The molecule has 0 radical (unpaired) electrons. The van der Waals surface area contributed by atoms with Gasteiger partial charge in [-0.25, -0.2) is 0 Å². The molecule has 0 unspecified atom stereocenters. The maximum absolute atomic E-state index is 9.12. The summed E-state index contributed by atoms with van der Waals surface area (Å²) >= 11 is 0. The molecule has 2 rings (SSSR count). The molecule has 2 aromatic rings. The normalized spacial score (nSPS) is 9.85. The summed E-state index contributed by atoms with van der Waals surface area (Å²) in [6.07, 6.45) is 1.87. The maximum atomic E-state index is 9.12. The smallest absolute Gasteiger partial charge is 0.145 e. The van der Waals surface area contributed by atoms with Gasteiger partial charge < -0.3 is 9.47 Å². The molecule has 2 aromatic carbocycles. The highest BCUT2D eigenvalue weighted by atomic mass is 16.5. The van der Waals surface area contributed by atoms with E-state index in [4.69, 9.17) is 14.7 Å². The van der Waals surface area contributed by atoms with Crippen LogP contribution >= 0.6 is 0 Å². The Hall–Kier alpha value is -2.47. The molecule has 0 atom stereocenters. The number of rotatable bonds is 5. The largest absolute Gasteiger partial charge is 0.496 e. The number of hydrogen-bond donors (Lipinski definition) is 0. The van der Waals surface area contributed by atoms with Crippen LogP contribution in [0, 0.1) is 11.3 Å². The molecule has 0 saturated heterocycles. The van der Waals surface area contributed by atoms with Crippen LogP contribution in [0.2, 0.25) is 0 Å². The van der Waals surface area contributed by atoms with E-state index in [9.17, 15) is 0 Å². The Kier molecular flexibility index (Phi) is 4.62. The highest BCUT2D eigenvalue weighted by Crippen LogP contribution is 2.34. The van der Waals surface area contributed by atoms with Crippen molar-refractivity contribution in [2.45, 2.75) is 19.8 Å². The predicted octanol–water partition coefficient (Wildman–Crippen LogP) is 4.31. The first-order chi connectivity index (χ1) is 9.80. The second kappa shape index (κ2) is 6.63. The zero-order chi connectivity index (χ0) is 14.4. The van der Waals surface area contributed by atoms with Gasteiger partial charge in [0.15, 0.2) is 0 Å². The Bertz CT molecular complexity index is 629. The molecule has 3 nitrogen and oxygen atoms in total. The van der Waals surface area contributed by atoms with Crippen LogP contribution in [0.3, 0.4) is 0 Å². The summed E-state index contributed by atoms with van der Waals surface area (Å²) in [4.78, 5) is 0. The molecule has 0 aliphatic heterocycles. The lowest BCUT2D eigenvalue weighted by molar-refractivity contribution is 0.401. The van der Waals surface area contributed by atoms with Crippen LogP contribution in [0.25, 0.3) is 0 Å². The molecule has 0 saturated carbocycles. The van der Waals surface area contributed by atoms with Crippen molar-refractivity contribution in [2.24, 2.45) is 0 Å². The van der Waals surface area contributed by atoms with E-state index in [1.165, 1.54) is 0 Å². The summed E-state index contributed by atoms with van der Waals surface area (Å²) in [5.41, 5.74) is 1.56. The standard InChI is InChI=1S/C17H17NO2/c1-3-7-14-16(19-2)10-6-11-17(14)20-15-9-5-4-8-13(15)12-18/h4-6,8-11H,3,7H2,1-2H3. The average molecular weight is 267 g/mol. The Labute approximate surface area is 119 Å². The molecule has 0 N–H and O–H groups in total. The summed E-state index contributed by atoms with van der Waals surface area (Å²) in [7, 11) is 1.65. The third kappa shape index (κ3) is 2.92. The molecular formula is C17H17NO2. The minimum absolute atomic E-state index is 0.526. The fourth-order valence-electron chi connectivity index (χ4n) is 2.10. The zero-order valence-electron chi connectivity index (χ0n) is 11.7. The number of methoxy groups -OCH3 is 1. The van der Waals surface area contributed by atoms with Gasteiger partial charge in [-0.2, -0.15) is 5.26 Å². The van der Waals surface area contributed by atoms with Crippen LogP contribution in [0.1, 0.15) is 24.5 Å². The van der Waals surface area contributed by atoms with Gasteiger partial charge in [-0.15, -0.1) is 0 Å². The van der Waals surface area contributed by atoms with E-state index in [0.29, 0.717) is 11.3 Å². The molecule has 102 valence electrons. The molecule has 20 heavy (non-hydrogen) atoms. The Morgan fingerprint density at radius 2 is 1.70 bits per heavy atom. The van der Waals surface area contributed by atoms with Crippen molar-refractivity contribution in [1.82, 2.24) is 0 Å². The average Bonchev–Trinajstić information content (AvgIpc) is 2.49. The zero-order valence-corrected chi connectivity index (χ0v) is 11.7. The second-order valence-corrected chi connectivity index (χ2v) is 4.40. The molecule has 0 fully saturated rings. The van der Waals surface area contributed by atoms with Crippen LogP contribution in [-0.2, 0) is 6.42 Å². The van der Waals surface area contributed by atoms with Crippen LogP contribution in [0.15, 0.2) is 42.5 Å². The molecule has 0 aliphatic rings. The van der Waals surface area contributed by atoms with Crippen molar-refractivity contribution in [1.29, 1.82) is 5.26 Å². The van der Waals surface area contributed by atoms with Gasteiger partial charge in [0.2, 0.25) is 0 Å². The van der Waals surface area contributed by atoms with Crippen molar-refractivity contribution in [3.63, 3.8) is 0 Å². The van der Waals surface area contributed by atoms with Crippen molar-refractivity contribution >= 4 is 0 Å². The number of para-hydroxylation sites is 1. The molecule has 0 aromatic heterocycles. The monoisotopic (exact) mass is 267 g/mol. The van der Waals surface area contributed by atoms with Gasteiger partial charge in [-0.1, -0.05) is 31.5 Å². The second-order valence-electron chi connectivity index (χ2n) is 4.40. The van der Waals surface area contributed by atoms with Gasteiger partial charge in [-0.3, -0.25) is 0 Å². The number of hydrogen-bond acceptors (Lipinski definition) is 3. The van der Waals surface area contributed by atoms with E-state index in [0.717, 1.165) is 29.9 Å². The first-order valence-corrected chi connectivity index (χ1v) is 6.63. The summed E-state index contributed by atoms with van der Waals surface area (Å²) in [5.74, 6) is 2.13. The Morgan fingerprint density at radius 3 is 2.40 bits per heavy atom. The molecule has 3 heteroatoms. The van der Waals surface area contributed by atoms with Gasteiger partial charge in [-0.05, 0) is 30.7 Å². The number of ether oxygens (including phenoxy) is 2. The van der Waals surface area contributed by atoms with E-state index < -0.39 is 0 Å². The van der Waals surface area contributed by atoms with Gasteiger partial charge in [0.05, 0.1) is 12.7 Å². The van der Waals surface area contributed by atoms with E-state index in [2.05, 4.69) is 13.0 Å². The lowest BCUT2D eigenvalue weighted by Gasteiger charge is -2.14. The molecule has 0 heterocycles. The minimum Gasteiger partial charge on any atom is -0.496 e. The van der Waals surface area contributed by atoms with Gasteiger partial charge in [0, 0.05) is 5.56 Å². The van der Waals surface area contributed by atoms with E-state index >= 15 is 0 Å². The highest BCUT2D eigenvalue weighted by Gasteiger charge is 2.11. The number of nitriles is 1. The first-order valence-electron chi connectivity index (χ1n) is 6.63.